The molecule has 0 bridgehead atoms. The normalized spacial score (nSPS) is 14.8. The number of fused-ring (bicyclic) bond motifs is 1. The third-order valence-corrected chi connectivity index (χ3v) is 6.24. The predicted octanol–water partition coefficient (Wildman–Crippen LogP) is 5.44. The van der Waals surface area contributed by atoms with E-state index in [9.17, 15) is 4.79 Å². The van der Waals surface area contributed by atoms with Gasteiger partial charge in [0, 0.05) is 61.0 Å². The van der Waals surface area contributed by atoms with Crippen molar-refractivity contribution < 1.29 is 4.42 Å². The lowest BCUT2D eigenvalue weighted by molar-refractivity contribution is 0.250. The Bertz CT molecular complexity index is 1250. The van der Waals surface area contributed by atoms with Crippen molar-refractivity contribution in [2.75, 3.05) is 31.1 Å². The molecule has 0 unspecified atom stereocenters. The van der Waals surface area contributed by atoms with Crippen LogP contribution in [0.25, 0.3) is 22.1 Å². The van der Waals surface area contributed by atoms with Crippen molar-refractivity contribution in [2.45, 2.75) is 6.54 Å². The van der Waals surface area contributed by atoms with E-state index in [1.165, 1.54) is 5.69 Å². The molecule has 31 heavy (non-hydrogen) atoms. The van der Waals surface area contributed by atoms with Crippen LogP contribution in [0.5, 0.6) is 0 Å². The number of nitrogens with zero attached hydrogens (tertiary/aromatic N) is 2. The monoisotopic (exact) mass is 430 g/mol. The highest BCUT2D eigenvalue weighted by atomic mass is 35.5. The third-order valence-electron chi connectivity index (χ3n) is 5.88. The number of hydrogen-bond acceptors (Lipinski definition) is 4. The van der Waals surface area contributed by atoms with E-state index < -0.39 is 0 Å². The standard InChI is InChI=1S/C26H23ClN2O2/c27-24-17-25-23(22(16-26(30)31-25)19-7-3-1-4-8-19)15-20(24)18-28-11-13-29(14-12-28)21-9-5-2-6-10-21/h1-10,15-17H,11-14,18H2. The maximum absolute atomic E-state index is 12.1. The molecule has 1 saturated heterocycles. The maximum Gasteiger partial charge on any atom is 0.336 e. The van der Waals surface area contributed by atoms with Crippen LogP contribution in [0.2, 0.25) is 5.02 Å². The first-order valence-corrected chi connectivity index (χ1v) is 10.9. The van der Waals surface area contributed by atoms with Crippen LogP contribution in [-0.4, -0.2) is 31.1 Å². The fourth-order valence-electron chi connectivity index (χ4n) is 4.25. The van der Waals surface area contributed by atoms with E-state index in [1.807, 2.05) is 36.4 Å². The quantitative estimate of drug-likeness (QED) is 0.404. The van der Waals surface area contributed by atoms with Crippen molar-refractivity contribution in [1.29, 1.82) is 0 Å². The zero-order valence-corrected chi connectivity index (χ0v) is 17.9. The number of hydrogen-bond donors (Lipinski definition) is 0. The molecule has 1 aliphatic rings. The average Bonchev–Trinajstić information content (AvgIpc) is 2.81. The Labute approximate surface area is 186 Å². The van der Waals surface area contributed by atoms with E-state index in [0.717, 1.165) is 54.8 Å². The molecule has 5 rings (SSSR count). The molecule has 1 fully saturated rings. The second kappa shape index (κ2) is 8.58. The summed E-state index contributed by atoms with van der Waals surface area (Å²) in [5.41, 5.74) is 4.34. The van der Waals surface area contributed by atoms with E-state index in [0.29, 0.717) is 10.6 Å². The minimum Gasteiger partial charge on any atom is -0.423 e. The van der Waals surface area contributed by atoms with Crippen LogP contribution in [0, 0.1) is 0 Å². The van der Waals surface area contributed by atoms with Gasteiger partial charge in [0.15, 0.2) is 0 Å². The van der Waals surface area contributed by atoms with Gasteiger partial charge in [0.2, 0.25) is 0 Å². The Hall–Kier alpha value is -3.08. The average molecular weight is 431 g/mol. The second-order valence-corrected chi connectivity index (χ2v) is 8.29. The molecule has 0 spiro atoms. The Morgan fingerprint density at radius 1 is 0.839 bits per heavy atom. The summed E-state index contributed by atoms with van der Waals surface area (Å²) in [6.07, 6.45) is 0. The van der Waals surface area contributed by atoms with Crippen LogP contribution in [-0.2, 0) is 6.54 Å². The fourth-order valence-corrected chi connectivity index (χ4v) is 4.46. The molecule has 0 saturated carbocycles. The predicted molar refractivity (Wildman–Crippen MR) is 127 cm³/mol. The van der Waals surface area contributed by atoms with E-state index >= 15 is 0 Å². The zero-order valence-electron chi connectivity index (χ0n) is 17.1. The number of halogens is 1. The van der Waals surface area contributed by atoms with Crippen LogP contribution in [0.15, 0.2) is 88.1 Å². The largest absolute Gasteiger partial charge is 0.423 e. The van der Waals surface area contributed by atoms with Gasteiger partial charge >= 0.3 is 5.63 Å². The summed E-state index contributed by atoms with van der Waals surface area (Å²) in [6, 6.07) is 25.9. The SMILES string of the molecule is O=c1cc(-c2ccccc2)c2cc(CN3CCN(c4ccccc4)CC3)c(Cl)cc2o1. The lowest BCUT2D eigenvalue weighted by Crippen LogP contribution is -2.46. The molecule has 0 atom stereocenters. The highest BCUT2D eigenvalue weighted by Gasteiger charge is 2.19. The summed E-state index contributed by atoms with van der Waals surface area (Å²) in [5.74, 6) is 0. The Kier molecular flexibility index (Phi) is 5.49. The van der Waals surface area contributed by atoms with Crippen molar-refractivity contribution >= 4 is 28.3 Å². The van der Waals surface area contributed by atoms with Crippen molar-refractivity contribution in [3.8, 4) is 11.1 Å². The molecule has 5 heteroatoms. The minimum absolute atomic E-state index is 0.368. The van der Waals surface area contributed by atoms with E-state index in [1.54, 1.807) is 12.1 Å². The summed E-state index contributed by atoms with van der Waals surface area (Å²) in [5, 5.41) is 1.54. The molecule has 156 valence electrons. The van der Waals surface area contributed by atoms with Crippen molar-refractivity contribution in [2.24, 2.45) is 0 Å². The van der Waals surface area contributed by atoms with Crippen molar-refractivity contribution in [1.82, 2.24) is 4.90 Å². The van der Waals surface area contributed by atoms with Gasteiger partial charge in [0.1, 0.15) is 5.58 Å². The van der Waals surface area contributed by atoms with Gasteiger partial charge in [-0.05, 0) is 34.9 Å². The molecule has 1 aromatic heterocycles. The van der Waals surface area contributed by atoms with Crippen LogP contribution in [0.1, 0.15) is 5.56 Å². The van der Waals surface area contributed by atoms with Gasteiger partial charge in [0.25, 0.3) is 0 Å². The first-order valence-electron chi connectivity index (χ1n) is 10.5. The van der Waals surface area contributed by atoms with E-state index in [4.69, 9.17) is 16.0 Å². The summed E-state index contributed by atoms with van der Waals surface area (Å²) in [7, 11) is 0. The van der Waals surface area contributed by atoms with E-state index in [2.05, 4.69) is 40.1 Å². The van der Waals surface area contributed by atoms with Crippen LogP contribution in [0.3, 0.4) is 0 Å². The molecule has 0 N–H and O–H groups in total. The third kappa shape index (κ3) is 4.22. The Balaban J connectivity index is 1.41. The van der Waals surface area contributed by atoms with Gasteiger partial charge in [-0.25, -0.2) is 4.79 Å². The fraction of sp³-hybridized carbons (Fsp3) is 0.192. The zero-order chi connectivity index (χ0) is 21.2. The van der Waals surface area contributed by atoms with Crippen molar-refractivity contribution in [3.63, 3.8) is 0 Å². The summed E-state index contributed by atoms with van der Waals surface area (Å²) < 4.78 is 5.45. The van der Waals surface area contributed by atoms with Gasteiger partial charge in [-0.1, -0.05) is 60.1 Å². The molecule has 4 nitrogen and oxygen atoms in total. The molecule has 1 aliphatic heterocycles. The molecule has 0 radical (unpaired) electrons. The highest BCUT2D eigenvalue weighted by Crippen LogP contribution is 2.32. The topological polar surface area (TPSA) is 36.7 Å². The number of para-hydroxylation sites is 1. The molecule has 3 aromatic carbocycles. The first-order chi connectivity index (χ1) is 15.2. The molecular weight excluding hydrogens is 408 g/mol. The van der Waals surface area contributed by atoms with Gasteiger partial charge in [-0.2, -0.15) is 0 Å². The molecule has 2 heterocycles. The Morgan fingerprint density at radius 2 is 1.52 bits per heavy atom. The van der Waals surface area contributed by atoms with Gasteiger partial charge in [-0.3, -0.25) is 4.90 Å². The lowest BCUT2D eigenvalue weighted by Gasteiger charge is -2.36. The summed E-state index contributed by atoms with van der Waals surface area (Å²) in [6.45, 7) is 4.68. The van der Waals surface area contributed by atoms with Gasteiger partial charge in [0.05, 0.1) is 0 Å². The summed E-state index contributed by atoms with van der Waals surface area (Å²) >= 11 is 6.60. The van der Waals surface area contributed by atoms with Crippen LogP contribution in [0.4, 0.5) is 5.69 Å². The number of piperazine rings is 1. The maximum atomic E-state index is 12.1. The van der Waals surface area contributed by atoms with Gasteiger partial charge < -0.3 is 9.32 Å². The molecule has 0 amide bonds. The molecular formula is C26H23ClN2O2. The van der Waals surface area contributed by atoms with Crippen molar-refractivity contribution in [3.05, 3.63) is 99.9 Å². The van der Waals surface area contributed by atoms with E-state index in [-0.39, 0.29) is 5.63 Å². The molecule has 4 aromatic rings. The molecule has 0 aliphatic carbocycles. The van der Waals surface area contributed by atoms with Crippen LogP contribution >= 0.6 is 11.6 Å². The lowest BCUT2D eigenvalue weighted by atomic mass is 10.0. The Morgan fingerprint density at radius 3 is 2.23 bits per heavy atom. The second-order valence-electron chi connectivity index (χ2n) is 7.88. The summed E-state index contributed by atoms with van der Waals surface area (Å²) in [4.78, 5) is 17.0. The number of rotatable bonds is 4. The van der Waals surface area contributed by atoms with Crippen LogP contribution < -0.4 is 10.5 Å². The highest BCUT2D eigenvalue weighted by molar-refractivity contribution is 6.32. The van der Waals surface area contributed by atoms with Gasteiger partial charge in [-0.15, -0.1) is 0 Å². The minimum atomic E-state index is -0.368. The smallest absolute Gasteiger partial charge is 0.336 e. The number of anilines is 1. The number of benzene rings is 3. The first kappa shape index (κ1) is 19.9.